The van der Waals surface area contributed by atoms with Crippen LogP contribution in [0.3, 0.4) is 0 Å². The first kappa shape index (κ1) is 16.3. The van der Waals surface area contributed by atoms with Gasteiger partial charge in [-0.25, -0.2) is 0 Å². The number of amides is 3. The van der Waals surface area contributed by atoms with Crippen molar-refractivity contribution in [1.82, 2.24) is 5.32 Å². The van der Waals surface area contributed by atoms with E-state index in [1.165, 1.54) is 11.0 Å². The van der Waals surface area contributed by atoms with E-state index in [4.69, 9.17) is 17.2 Å². The van der Waals surface area contributed by atoms with Gasteiger partial charge in [-0.2, -0.15) is 0 Å². The summed E-state index contributed by atoms with van der Waals surface area (Å²) in [6, 6.07) is 4.56. The molecule has 0 saturated carbocycles. The first-order valence-electron chi connectivity index (χ1n) is 6.34. The molecule has 0 spiro atoms. The predicted octanol–water partition coefficient (Wildman–Crippen LogP) is -1.20. The fraction of sp³-hybridized carbons (Fsp3) is 0.308. The molecule has 3 amide bonds. The Hall–Kier alpha value is -2.77. The highest BCUT2D eigenvalue weighted by Crippen LogP contribution is 2.24. The third kappa shape index (κ3) is 4.68. The van der Waals surface area contributed by atoms with Crippen molar-refractivity contribution in [1.29, 1.82) is 0 Å². The number of hydrogen-bond acceptors (Lipinski definition) is 5. The average Bonchev–Trinajstić information content (AvgIpc) is 2.36. The highest BCUT2D eigenvalue weighted by atomic mass is 16.2. The number of nitrogens with two attached hydrogens (primary N) is 3. The molecule has 21 heavy (non-hydrogen) atoms. The number of nitrogens with zero attached hydrogens (tertiary/aromatic N) is 1. The van der Waals surface area contributed by atoms with E-state index in [1.807, 2.05) is 0 Å². The molecule has 1 rings (SSSR count). The number of benzene rings is 1. The maximum atomic E-state index is 11.7. The quantitative estimate of drug-likeness (QED) is 0.466. The Morgan fingerprint density at radius 2 is 1.71 bits per heavy atom. The van der Waals surface area contributed by atoms with Gasteiger partial charge in [0.2, 0.25) is 11.8 Å². The molecule has 114 valence electrons. The minimum atomic E-state index is -0.622. The van der Waals surface area contributed by atoms with Gasteiger partial charge >= 0.3 is 0 Å². The number of nitrogens with one attached hydrogen (secondary N) is 1. The Morgan fingerprint density at radius 1 is 1.14 bits per heavy atom. The van der Waals surface area contributed by atoms with Crippen molar-refractivity contribution < 1.29 is 14.4 Å². The molecule has 0 aliphatic heterocycles. The SMILES string of the molecule is CCNC(=O)c1ccc(N(CC(N)=O)CC(N)=O)c(N)c1. The number of carbonyl (C=O) groups excluding carboxylic acids is 3. The molecule has 7 N–H and O–H groups in total. The van der Waals surface area contributed by atoms with E-state index < -0.39 is 11.8 Å². The second-order valence-electron chi connectivity index (χ2n) is 4.42. The Balaban J connectivity index is 3.06. The molecule has 0 bridgehead atoms. The summed E-state index contributed by atoms with van der Waals surface area (Å²) >= 11 is 0. The Labute approximate surface area is 122 Å². The van der Waals surface area contributed by atoms with Gasteiger partial charge in [0, 0.05) is 12.1 Å². The first-order chi connectivity index (χ1) is 9.85. The van der Waals surface area contributed by atoms with Crippen LogP contribution < -0.4 is 27.4 Å². The zero-order chi connectivity index (χ0) is 16.0. The molecule has 0 atom stereocenters. The van der Waals surface area contributed by atoms with Gasteiger partial charge in [-0.1, -0.05) is 0 Å². The van der Waals surface area contributed by atoms with Gasteiger partial charge in [0.15, 0.2) is 0 Å². The topological polar surface area (TPSA) is 145 Å². The Kier molecular flexibility index (Phi) is 5.53. The second kappa shape index (κ2) is 7.13. The number of primary amides is 2. The lowest BCUT2D eigenvalue weighted by molar-refractivity contribution is -0.117. The predicted molar refractivity (Wildman–Crippen MR) is 79.5 cm³/mol. The van der Waals surface area contributed by atoms with Gasteiger partial charge in [0.1, 0.15) is 0 Å². The van der Waals surface area contributed by atoms with Crippen LogP contribution >= 0.6 is 0 Å². The maximum absolute atomic E-state index is 11.7. The lowest BCUT2D eigenvalue weighted by Crippen LogP contribution is -2.40. The van der Waals surface area contributed by atoms with Gasteiger partial charge in [-0.15, -0.1) is 0 Å². The number of rotatable bonds is 7. The smallest absolute Gasteiger partial charge is 0.251 e. The van der Waals surface area contributed by atoms with Gasteiger partial charge in [0.25, 0.3) is 5.91 Å². The van der Waals surface area contributed by atoms with Crippen LogP contribution in [0.25, 0.3) is 0 Å². The van der Waals surface area contributed by atoms with Gasteiger partial charge in [0.05, 0.1) is 24.5 Å². The third-order valence-electron chi connectivity index (χ3n) is 2.66. The number of carbonyl (C=O) groups is 3. The van der Waals surface area contributed by atoms with Crippen LogP contribution in [-0.2, 0) is 9.59 Å². The average molecular weight is 293 g/mol. The molecular formula is C13H19N5O3. The normalized spacial score (nSPS) is 9.95. The molecule has 0 aliphatic carbocycles. The van der Waals surface area contributed by atoms with Crippen molar-refractivity contribution in [2.24, 2.45) is 11.5 Å². The molecule has 0 fully saturated rings. The molecule has 1 aromatic rings. The molecule has 0 aromatic heterocycles. The molecule has 0 heterocycles. The number of anilines is 2. The summed E-state index contributed by atoms with van der Waals surface area (Å²) in [5.74, 6) is -1.50. The van der Waals surface area contributed by atoms with Crippen LogP contribution in [0.15, 0.2) is 18.2 Å². The fourth-order valence-electron chi connectivity index (χ4n) is 1.85. The van der Waals surface area contributed by atoms with E-state index in [9.17, 15) is 14.4 Å². The van der Waals surface area contributed by atoms with E-state index in [0.29, 0.717) is 17.8 Å². The summed E-state index contributed by atoms with van der Waals surface area (Å²) in [4.78, 5) is 35.2. The summed E-state index contributed by atoms with van der Waals surface area (Å²) < 4.78 is 0. The van der Waals surface area contributed by atoms with Gasteiger partial charge < -0.3 is 27.4 Å². The standard InChI is InChI=1S/C13H19N5O3/c1-2-17-13(21)8-3-4-10(9(14)5-8)18(6-11(15)19)7-12(16)20/h3-5H,2,6-7,14H2,1H3,(H2,15,19)(H2,16,20)(H,17,21). The van der Waals surface area contributed by atoms with Crippen molar-refractivity contribution >= 4 is 29.1 Å². The van der Waals surface area contributed by atoms with Gasteiger partial charge in [-0.05, 0) is 25.1 Å². The van der Waals surface area contributed by atoms with Gasteiger partial charge in [-0.3, -0.25) is 14.4 Å². The summed E-state index contributed by atoms with van der Waals surface area (Å²) in [6.45, 7) is 1.90. The van der Waals surface area contributed by atoms with Crippen LogP contribution in [0.2, 0.25) is 0 Å². The zero-order valence-corrected chi connectivity index (χ0v) is 11.8. The van der Waals surface area contributed by atoms with Crippen LogP contribution in [0, 0.1) is 0 Å². The van der Waals surface area contributed by atoms with E-state index >= 15 is 0 Å². The van der Waals surface area contributed by atoms with E-state index in [0.717, 1.165) is 0 Å². The number of hydrogen-bond donors (Lipinski definition) is 4. The minimum absolute atomic E-state index is 0.201. The molecule has 8 heteroatoms. The van der Waals surface area contributed by atoms with E-state index in [2.05, 4.69) is 5.32 Å². The molecule has 8 nitrogen and oxygen atoms in total. The van der Waals surface area contributed by atoms with E-state index in [-0.39, 0.29) is 24.7 Å². The highest BCUT2D eigenvalue weighted by molar-refractivity contribution is 5.96. The maximum Gasteiger partial charge on any atom is 0.251 e. The van der Waals surface area contributed by atoms with Crippen LogP contribution in [0.5, 0.6) is 0 Å². The monoisotopic (exact) mass is 293 g/mol. The Morgan fingerprint density at radius 3 is 2.14 bits per heavy atom. The first-order valence-corrected chi connectivity index (χ1v) is 6.34. The van der Waals surface area contributed by atoms with Crippen LogP contribution in [-0.4, -0.2) is 37.4 Å². The molecular weight excluding hydrogens is 274 g/mol. The Bertz CT molecular complexity index is 543. The molecule has 0 radical (unpaired) electrons. The fourth-order valence-corrected chi connectivity index (χ4v) is 1.85. The summed E-state index contributed by atoms with van der Waals surface area (Å²) in [6.07, 6.45) is 0. The van der Waals surface area contributed by atoms with Crippen molar-refractivity contribution in [2.75, 3.05) is 30.3 Å². The van der Waals surface area contributed by atoms with Crippen molar-refractivity contribution in [3.05, 3.63) is 23.8 Å². The van der Waals surface area contributed by atoms with Crippen LogP contribution in [0.4, 0.5) is 11.4 Å². The third-order valence-corrected chi connectivity index (χ3v) is 2.66. The number of nitrogen functional groups attached to an aromatic ring is 1. The van der Waals surface area contributed by atoms with Crippen molar-refractivity contribution in [3.63, 3.8) is 0 Å². The molecule has 0 aliphatic rings. The molecule has 1 aromatic carbocycles. The summed E-state index contributed by atoms with van der Waals surface area (Å²) in [5, 5.41) is 2.65. The lowest BCUT2D eigenvalue weighted by Gasteiger charge is -2.23. The molecule has 0 unspecified atom stereocenters. The second-order valence-corrected chi connectivity index (χ2v) is 4.42. The zero-order valence-electron chi connectivity index (χ0n) is 11.8. The summed E-state index contributed by atoms with van der Waals surface area (Å²) in [7, 11) is 0. The largest absolute Gasteiger partial charge is 0.397 e. The van der Waals surface area contributed by atoms with Crippen molar-refractivity contribution in [2.45, 2.75) is 6.92 Å². The molecule has 0 saturated heterocycles. The minimum Gasteiger partial charge on any atom is -0.397 e. The van der Waals surface area contributed by atoms with E-state index in [1.54, 1.807) is 19.1 Å². The van der Waals surface area contributed by atoms with Crippen molar-refractivity contribution in [3.8, 4) is 0 Å². The highest BCUT2D eigenvalue weighted by Gasteiger charge is 2.16. The summed E-state index contributed by atoms with van der Waals surface area (Å²) in [5.41, 5.74) is 17.2. The lowest BCUT2D eigenvalue weighted by atomic mass is 10.1. The van der Waals surface area contributed by atoms with Crippen LogP contribution in [0.1, 0.15) is 17.3 Å².